The summed E-state index contributed by atoms with van der Waals surface area (Å²) in [4.78, 5) is 15.7. The Bertz CT molecular complexity index is 653. The largest absolute Gasteiger partial charge is 0.416 e. The maximum atomic E-state index is 12.6. The van der Waals surface area contributed by atoms with E-state index in [4.69, 9.17) is 0 Å². The minimum atomic E-state index is -4.51. The van der Waals surface area contributed by atoms with Crippen LogP contribution in [0.2, 0.25) is 0 Å². The van der Waals surface area contributed by atoms with Crippen LogP contribution in [-0.2, 0) is 13.2 Å². The molecule has 9 heteroatoms. The van der Waals surface area contributed by atoms with Crippen molar-refractivity contribution >= 4 is 27.8 Å². The zero-order chi connectivity index (χ0) is 14.9. The number of nitrogens with one attached hydrogen (secondary N) is 1. The number of amides is 1. The molecule has 0 aliphatic heterocycles. The summed E-state index contributed by atoms with van der Waals surface area (Å²) in [5.74, 6) is -0.571. The number of aromatic nitrogens is 3. The molecule has 0 bridgehead atoms. The van der Waals surface area contributed by atoms with Crippen molar-refractivity contribution in [3.63, 3.8) is 0 Å². The van der Waals surface area contributed by atoms with Gasteiger partial charge in [0.15, 0.2) is 0 Å². The second kappa shape index (κ2) is 5.23. The number of benzene rings is 1. The molecule has 1 N–H and O–H groups in total. The zero-order valence-electron chi connectivity index (χ0n) is 10.1. The monoisotopic (exact) mass is 348 g/mol. The van der Waals surface area contributed by atoms with Crippen molar-refractivity contribution in [1.29, 1.82) is 0 Å². The van der Waals surface area contributed by atoms with Gasteiger partial charge in [0.05, 0.1) is 11.1 Å². The van der Waals surface area contributed by atoms with Crippen molar-refractivity contribution in [3.05, 3.63) is 40.1 Å². The summed E-state index contributed by atoms with van der Waals surface area (Å²) in [5.41, 5.74) is -1.04. The van der Waals surface area contributed by atoms with Crippen LogP contribution in [0.3, 0.4) is 0 Å². The first-order valence-corrected chi connectivity index (χ1v) is 6.10. The molecule has 1 heterocycles. The average molecular weight is 349 g/mol. The fourth-order valence-electron chi connectivity index (χ4n) is 1.45. The molecule has 1 amide bonds. The normalized spacial score (nSPS) is 11.4. The molecule has 20 heavy (non-hydrogen) atoms. The Morgan fingerprint density at radius 2 is 2.10 bits per heavy atom. The first kappa shape index (κ1) is 14.5. The Labute approximate surface area is 119 Å². The maximum Gasteiger partial charge on any atom is 0.416 e. The first-order chi connectivity index (χ1) is 9.29. The van der Waals surface area contributed by atoms with Gasteiger partial charge in [0.1, 0.15) is 6.33 Å². The van der Waals surface area contributed by atoms with E-state index in [-0.39, 0.29) is 16.0 Å². The lowest BCUT2D eigenvalue weighted by Crippen LogP contribution is -2.17. The highest BCUT2D eigenvalue weighted by molar-refractivity contribution is 9.10. The minimum absolute atomic E-state index is 0.136. The highest BCUT2D eigenvalue weighted by atomic mass is 79.9. The number of hydrogen-bond donors (Lipinski definition) is 1. The fraction of sp³-hybridized carbons (Fsp3) is 0.182. The van der Waals surface area contributed by atoms with E-state index < -0.39 is 17.6 Å². The Balaban J connectivity index is 2.32. The molecule has 1 aromatic carbocycles. The van der Waals surface area contributed by atoms with E-state index in [1.54, 1.807) is 7.05 Å². The molecule has 1 aromatic heterocycles. The third-order valence-corrected chi connectivity index (χ3v) is 3.17. The van der Waals surface area contributed by atoms with E-state index in [1.165, 1.54) is 17.1 Å². The number of alkyl halides is 3. The molecule has 2 rings (SSSR count). The third-order valence-electron chi connectivity index (χ3n) is 2.48. The molecule has 0 saturated heterocycles. The van der Waals surface area contributed by atoms with Crippen molar-refractivity contribution in [2.45, 2.75) is 6.18 Å². The van der Waals surface area contributed by atoms with Gasteiger partial charge in [-0.15, -0.1) is 0 Å². The standard InChI is InChI=1S/C11H8BrF3N4O/c1-19-10(16-5-17-19)18-9(20)7-4-6(11(13,14)15)2-3-8(7)12/h2-5H,1H3,(H,16,17,18,20). The SMILES string of the molecule is Cn1ncnc1NC(=O)c1cc(C(F)(F)F)ccc1Br. The Kier molecular flexibility index (Phi) is 3.80. The predicted molar refractivity (Wildman–Crippen MR) is 68.1 cm³/mol. The molecule has 0 aliphatic carbocycles. The zero-order valence-corrected chi connectivity index (χ0v) is 11.7. The van der Waals surface area contributed by atoms with Gasteiger partial charge in [-0.2, -0.15) is 23.3 Å². The lowest BCUT2D eigenvalue weighted by atomic mass is 10.1. The quantitative estimate of drug-likeness (QED) is 0.907. The van der Waals surface area contributed by atoms with Crippen LogP contribution in [0.5, 0.6) is 0 Å². The summed E-state index contributed by atoms with van der Waals surface area (Å²) in [6, 6.07) is 2.84. The van der Waals surface area contributed by atoms with E-state index in [9.17, 15) is 18.0 Å². The molecule has 0 atom stereocenters. The van der Waals surface area contributed by atoms with Gasteiger partial charge < -0.3 is 0 Å². The number of carbonyl (C=O) groups excluding carboxylic acids is 1. The van der Waals surface area contributed by atoms with Crippen molar-refractivity contribution < 1.29 is 18.0 Å². The number of rotatable bonds is 2. The summed E-state index contributed by atoms with van der Waals surface area (Å²) in [7, 11) is 1.55. The van der Waals surface area contributed by atoms with Crippen LogP contribution in [0.1, 0.15) is 15.9 Å². The second-order valence-electron chi connectivity index (χ2n) is 3.85. The van der Waals surface area contributed by atoms with Gasteiger partial charge in [0.2, 0.25) is 5.95 Å². The van der Waals surface area contributed by atoms with E-state index >= 15 is 0 Å². The van der Waals surface area contributed by atoms with Crippen LogP contribution in [0.25, 0.3) is 0 Å². The molecule has 0 unspecified atom stereocenters. The van der Waals surface area contributed by atoms with E-state index in [0.717, 1.165) is 12.1 Å². The molecule has 5 nitrogen and oxygen atoms in total. The van der Waals surface area contributed by atoms with Crippen molar-refractivity contribution in [3.8, 4) is 0 Å². The summed E-state index contributed by atoms with van der Waals surface area (Å²) in [6.07, 6.45) is -3.29. The molecule has 0 fully saturated rings. The molecule has 106 valence electrons. The Morgan fingerprint density at radius 1 is 1.40 bits per heavy atom. The van der Waals surface area contributed by atoms with Gasteiger partial charge in [-0.1, -0.05) is 0 Å². The molecule has 0 spiro atoms. The molecule has 0 saturated carbocycles. The predicted octanol–water partition coefficient (Wildman–Crippen LogP) is 2.85. The average Bonchev–Trinajstić information content (AvgIpc) is 2.74. The Morgan fingerprint density at radius 3 is 2.65 bits per heavy atom. The van der Waals surface area contributed by atoms with Crippen LogP contribution in [-0.4, -0.2) is 20.7 Å². The van der Waals surface area contributed by atoms with Crippen LogP contribution in [0, 0.1) is 0 Å². The number of carbonyl (C=O) groups is 1. The van der Waals surface area contributed by atoms with E-state index in [2.05, 4.69) is 31.3 Å². The Hall–Kier alpha value is -1.90. The highest BCUT2D eigenvalue weighted by Crippen LogP contribution is 2.32. The number of nitrogens with zero attached hydrogens (tertiary/aromatic N) is 3. The van der Waals surface area contributed by atoms with Crippen molar-refractivity contribution in [1.82, 2.24) is 14.8 Å². The van der Waals surface area contributed by atoms with Gasteiger partial charge >= 0.3 is 6.18 Å². The second-order valence-corrected chi connectivity index (χ2v) is 4.71. The lowest BCUT2D eigenvalue weighted by Gasteiger charge is -2.10. The van der Waals surface area contributed by atoms with Gasteiger partial charge in [0.25, 0.3) is 5.91 Å². The summed E-state index contributed by atoms with van der Waals surface area (Å²) >= 11 is 3.05. The maximum absolute atomic E-state index is 12.6. The number of halogens is 4. The van der Waals surface area contributed by atoms with Gasteiger partial charge in [-0.25, -0.2) is 4.68 Å². The number of aryl methyl sites for hydroxylation is 1. The van der Waals surface area contributed by atoms with Crippen molar-refractivity contribution in [2.24, 2.45) is 7.05 Å². The molecule has 0 aliphatic rings. The third kappa shape index (κ3) is 2.98. The fourth-order valence-corrected chi connectivity index (χ4v) is 1.88. The first-order valence-electron chi connectivity index (χ1n) is 5.31. The summed E-state index contributed by atoms with van der Waals surface area (Å²) in [6.45, 7) is 0. The molecular weight excluding hydrogens is 341 g/mol. The van der Waals surface area contributed by atoms with Crippen LogP contribution < -0.4 is 5.32 Å². The smallest absolute Gasteiger partial charge is 0.291 e. The number of anilines is 1. The number of hydrogen-bond acceptors (Lipinski definition) is 3. The van der Waals surface area contributed by atoms with Crippen LogP contribution in [0.4, 0.5) is 19.1 Å². The topological polar surface area (TPSA) is 59.8 Å². The van der Waals surface area contributed by atoms with Gasteiger partial charge in [0, 0.05) is 11.5 Å². The van der Waals surface area contributed by atoms with Gasteiger partial charge in [-0.05, 0) is 34.1 Å². The van der Waals surface area contributed by atoms with E-state index in [1.807, 2.05) is 0 Å². The summed E-state index contributed by atoms with van der Waals surface area (Å²) < 4.78 is 39.4. The lowest BCUT2D eigenvalue weighted by molar-refractivity contribution is -0.137. The minimum Gasteiger partial charge on any atom is -0.291 e. The van der Waals surface area contributed by atoms with Crippen LogP contribution >= 0.6 is 15.9 Å². The molecule has 2 aromatic rings. The molecule has 0 radical (unpaired) electrons. The summed E-state index contributed by atoms with van der Waals surface area (Å²) in [5, 5.41) is 6.12. The molecular formula is C11H8BrF3N4O. The van der Waals surface area contributed by atoms with E-state index in [0.29, 0.717) is 0 Å². The van der Waals surface area contributed by atoms with Crippen LogP contribution in [0.15, 0.2) is 29.0 Å². The highest BCUT2D eigenvalue weighted by Gasteiger charge is 2.31. The van der Waals surface area contributed by atoms with Crippen molar-refractivity contribution in [2.75, 3.05) is 5.32 Å². The van der Waals surface area contributed by atoms with Gasteiger partial charge in [-0.3, -0.25) is 10.1 Å².